The number of hydrogen-bond donors (Lipinski definition) is 0. The highest BCUT2D eigenvalue weighted by Crippen LogP contribution is 2.25. The molecule has 0 radical (unpaired) electrons. The Kier molecular flexibility index (Phi) is 16.6. The Bertz CT molecular complexity index is 1070. The molecule has 39 heavy (non-hydrogen) atoms. The van der Waals surface area contributed by atoms with E-state index in [0.29, 0.717) is 19.5 Å². The van der Waals surface area contributed by atoms with Gasteiger partial charge in [0, 0.05) is 52.1 Å². The zero-order valence-electron chi connectivity index (χ0n) is 25.3. The first-order valence-corrected chi connectivity index (χ1v) is 14.8. The van der Waals surface area contributed by atoms with E-state index in [4.69, 9.17) is 0 Å². The van der Waals surface area contributed by atoms with Crippen LogP contribution in [0, 0.1) is 13.8 Å². The first-order valence-electron chi connectivity index (χ1n) is 14.0. The van der Waals surface area contributed by atoms with Crippen LogP contribution in [0.15, 0.2) is 56.4 Å². The van der Waals surface area contributed by atoms with Gasteiger partial charge in [-0.2, -0.15) is 0 Å². The van der Waals surface area contributed by atoms with Gasteiger partial charge in [0.25, 0.3) is 0 Å². The maximum Gasteiger partial charge on any atom is 0.153 e. The van der Waals surface area contributed by atoms with Crippen molar-refractivity contribution in [3.8, 4) is 0 Å². The Morgan fingerprint density at radius 1 is 1.15 bits per heavy atom. The van der Waals surface area contributed by atoms with E-state index in [0.717, 1.165) is 55.2 Å². The van der Waals surface area contributed by atoms with Crippen molar-refractivity contribution < 1.29 is 4.79 Å². The number of alkyl halides is 1. The molecule has 0 N–H and O–H groups in total. The molecule has 0 amide bonds. The van der Waals surface area contributed by atoms with Gasteiger partial charge in [-0.3, -0.25) is 29.7 Å². The molecule has 1 aromatic carbocycles. The molecule has 0 aromatic heterocycles. The minimum atomic E-state index is -0.549. The third kappa shape index (κ3) is 13.4. The zero-order chi connectivity index (χ0) is 29.3. The van der Waals surface area contributed by atoms with E-state index in [1.807, 2.05) is 65.3 Å². The Labute approximate surface area is 245 Å². The number of halogens is 1. The Morgan fingerprint density at radius 3 is 2.44 bits per heavy atom. The molecule has 1 aromatic rings. The highest BCUT2D eigenvalue weighted by Gasteiger charge is 2.25. The van der Waals surface area contributed by atoms with Crippen LogP contribution >= 0.6 is 15.9 Å². The molecule has 214 valence electrons. The van der Waals surface area contributed by atoms with Crippen LogP contribution in [0.1, 0.15) is 63.3 Å². The minimum absolute atomic E-state index is 0.179. The van der Waals surface area contributed by atoms with Crippen molar-refractivity contribution >= 4 is 45.6 Å². The maximum absolute atomic E-state index is 12.9. The Hall–Kier alpha value is -2.51. The van der Waals surface area contributed by atoms with E-state index in [1.54, 1.807) is 7.05 Å². The van der Waals surface area contributed by atoms with Crippen molar-refractivity contribution in [1.82, 2.24) is 4.90 Å². The quantitative estimate of drug-likeness (QED) is 0.179. The molecule has 0 saturated heterocycles. The van der Waals surface area contributed by atoms with Crippen LogP contribution < -0.4 is 0 Å². The highest BCUT2D eigenvalue weighted by atomic mass is 79.9. The molecule has 1 heterocycles. The van der Waals surface area contributed by atoms with Gasteiger partial charge in [-0.1, -0.05) is 59.6 Å². The lowest BCUT2D eigenvalue weighted by molar-refractivity contribution is -0.119. The van der Waals surface area contributed by atoms with Crippen molar-refractivity contribution in [1.29, 1.82) is 0 Å². The average molecular weight is 599 g/mol. The Morgan fingerprint density at radius 2 is 1.85 bits per heavy atom. The normalized spacial score (nSPS) is 14.4. The number of ketones is 1. The summed E-state index contributed by atoms with van der Waals surface area (Å²) in [6, 6.07) is 4.38. The summed E-state index contributed by atoms with van der Waals surface area (Å²) in [4.78, 5) is 33.2. The fourth-order valence-corrected chi connectivity index (χ4v) is 4.17. The van der Waals surface area contributed by atoms with Crippen LogP contribution in [0.5, 0.6) is 0 Å². The van der Waals surface area contributed by atoms with Gasteiger partial charge in [-0.25, -0.2) is 0 Å². The number of hydrogen-bond acceptors (Lipinski definition) is 6. The Balaban J connectivity index is 0.00000371. The molecule has 6 nitrogen and oxygen atoms in total. The summed E-state index contributed by atoms with van der Waals surface area (Å²) in [6.07, 6.45) is 13.2. The number of aryl methyl sites for hydroxylation is 2. The van der Waals surface area contributed by atoms with Gasteiger partial charge in [-0.05, 0) is 69.9 Å². The van der Waals surface area contributed by atoms with Crippen molar-refractivity contribution in [3.63, 3.8) is 0 Å². The van der Waals surface area contributed by atoms with Gasteiger partial charge in [0.2, 0.25) is 0 Å². The lowest BCUT2D eigenvalue weighted by Gasteiger charge is -2.24. The highest BCUT2D eigenvalue weighted by molar-refractivity contribution is 9.10. The number of nitrogens with zero attached hydrogens (tertiary/aromatic N) is 5. The lowest BCUT2D eigenvalue weighted by Crippen LogP contribution is -2.31. The van der Waals surface area contributed by atoms with E-state index in [-0.39, 0.29) is 5.78 Å². The third-order valence-electron chi connectivity index (χ3n) is 6.12. The first kappa shape index (κ1) is 34.5. The van der Waals surface area contributed by atoms with Gasteiger partial charge in [0.05, 0.1) is 28.8 Å². The summed E-state index contributed by atoms with van der Waals surface area (Å²) >= 11 is 3.54. The van der Waals surface area contributed by atoms with Crippen molar-refractivity contribution in [2.45, 2.75) is 72.2 Å². The number of benzene rings is 1. The summed E-state index contributed by atoms with van der Waals surface area (Å²) in [7, 11) is 1.77. The van der Waals surface area contributed by atoms with E-state index in [2.05, 4.69) is 72.9 Å². The maximum atomic E-state index is 12.9. The number of carbonyl (C=O) groups is 1. The molecule has 0 unspecified atom stereocenters. The van der Waals surface area contributed by atoms with Crippen molar-refractivity contribution in [2.24, 2.45) is 20.0 Å². The van der Waals surface area contributed by atoms with Gasteiger partial charge >= 0.3 is 0 Å². The second kappa shape index (κ2) is 18.7. The largest absolute Gasteiger partial charge is 0.298 e. The molecule has 2 rings (SSSR count). The standard InChI is InChI=1S/C30H42BrN5O.C2H6/c1-7-10-26(32-6)20-33-13-15-36(16-14-34-21-27-11-8-9-12-35-27)22-25-18-23(2)17-24(3)28(25)19-29(37)30(4,5)31;1-2/h7-8,10-11,17-18,20-21H,9,12-16,19,22H2,1-6H3;1-2H3/b10-7-,32-26?,33-20?,34-21?;. The number of rotatable bonds is 14. The first-order chi connectivity index (χ1) is 18.6. The SMILES string of the molecule is C/C=C\C(C=NCCN(CCN=CC1=NCCC=C1)Cc1cc(C)cc(C)c1CC(=O)C(C)(C)Br)=NC.CC. The van der Waals surface area contributed by atoms with Crippen LogP contribution in [-0.4, -0.2) is 78.6 Å². The third-order valence-corrected chi connectivity index (χ3v) is 6.56. The van der Waals surface area contributed by atoms with Gasteiger partial charge in [-0.15, -0.1) is 0 Å². The van der Waals surface area contributed by atoms with E-state index in [1.165, 1.54) is 11.1 Å². The van der Waals surface area contributed by atoms with E-state index >= 15 is 0 Å². The number of allylic oxidation sites excluding steroid dienone is 3. The average Bonchev–Trinajstić information content (AvgIpc) is 2.91. The van der Waals surface area contributed by atoms with Crippen molar-refractivity contribution in [2.75, 3.05) is 39.8 Å². The molecular formula is C32H48BrN5O. The summed E-state index contributed by atoms with van der Waals surface area (Å²) in [6.45, 7) is 18.5. The van der Waals surface area contributed by atoms with E-state index in [9.17, 15) is 4.79 Å². The second-order valence-electron chi connectivity index (χ2n) is 9.78. The molecule has 0 fully saturated rings. The summed E-state index contributed by atoms with van der Waals surface area (Å²) in [5.41, 5.74) is 6.47. The predicted octanol–water partition coefficient (Wildman–Crippen LogP) is 6.61. The zero-order valence-corrected chi connectivity index (χ0v) is 26.9. The molecule has 0 saturated carbocycles. The molecule has 0 bridgehead atoms. The smallest absolute Gasteiger partial charge is 0.153 e. The summed E-state index contributed by atoms with van der Waals surface area (Å²) < 4.78 is -0.549. The summed E-state index contributed by atoms with van der Waals surface area (Å²) in [5, 5.41) is 0. The van der Waals surface area contributed by atoms with Gasteiger partial charge < -0.3 is 0 Å². The van der Waals surface area contributed by atoms with Gasteiger partial charge in [0.15, 0.2) is 5.78 Å². The lowest BCUT2D eigenvalue weighted by atomic mass is 9.91. The monoisotopic (exact) mass is 597 g/mol. The minimum Gasteiger partial charge on any atom is -0.298 e. The van der Waals surface area contributed by atoms with Crippen LogP contribution in [0.3, 0.4) is 0 Å². The van der Waals surface area contributed by atoms with Crippen LogP contribution in [0.4, 0.5) is 0 Å². The molecule has 0 atom stereocenters. The molecule has 0 aliphatic carbocycles. The predicted molar refractivity (Wildman–Crippen MR) is 175 cm³/mol. The number of dihydropyridines is 1. The summed E-state index contributed by atoms with van der Waals surface area (Å²) in [5.74, 6) is 0.179. The van der Waals surface area contributed by atoms with E-state index < -0.39 is 4.32 Å². The topological polar surface area (TPSA) is 69.8 Å². The van der Waals surface area contributed by atoms with Crippen LogP contribution in [0.25, 0.3) is 0 Å². The number of Topliss-reactive ketones (excluding diaryl/α,β-unsaturated/α-hetero) is 1. The number of carbonyl (C=O) groups excluding carboxylic acids is 1. The fraction of sp³-hybridized carbons (Fsp3) is 0.531. The molecule has 1 aliphatic rings. The molecular weight excluding hydrogens is 550 g/mol. The number of aliphatic imine (C=N–C) groups is 4. The van der Waals surface area contributed by atoms with Crippen LogP contribution in [-0.2, 0) is 17.8 Å². The fourth-order valence-electron chi connectivity index (χ4n) is 4.03. The molecule has 0 spiro atoms. The second-order valence-corrected chi connectivity index (χ2v) is 11.8. The van der Waals surface area contributed by atoms with Crippen molar-refractivity contribution in [3.05, 3.63) is 58.7 Å². The molecule has 7 heteroatoms. The van der Waals surface area contributed by atoms with Gasteiger partial charge in [0.1, 0.15) is 0 Å². The molecule has 1 aliphatic heterocycles. The van der Waals surface area contributed by atoms with Crippen LogP contribution in [0.2, 0.25) is 0 Å².